The first-order valence-electron chi connectivity index (χ1n) is 5.95. The van der Waals surface area contributed by atoms with E-state index in [4.69, 9.17) is 5.73 Å². The van der Waals surface area contributed by atoms with Gasteiger partial charge in [0.1, 0.15) is 0 Å². The van der Waals surface area contributed by atoms with Gasteiger partial charge < -0.3 is 10.7 Å². The van der Waals surface area contributed by atoms with Crippen LogP contribution >= 0.6 is 11.8 Å². The summed E-state index contributed by atoms with van der Waals surface area (Å²) in [5, 5.41) is 0.967. The van der Waals surface area contributed by atoms with Crippen molar-refractivity contribution in [3.05, 3.63) is 23.3 Å². The number of aryl methyl sites for hydroxylation is 2. The second-order valence-corrected chi connectivity index (χ2v) is 5.48. The minimum atomic E-state index is 0.247. The zero-order valence-corrected chi connectivity index (χ0v) is 11.4. The third-order valence-corrected chi connectivity index (χ3v) is 4.10. The molecule has 17 heavy (non-hydrogen) atoms. The van der Waals surface area contributed by atoms with Gasteiger partial charge in [-0.3, -0.25) is 0 Å². The number of nitrogens with zero attached hydrogens (tertiary/aromatic N) is 1. The zero-order chi connectivity index (χ0) is 12.4. The van der Waals surface area contributed by atoms with Crippen molar-refractivity contribution in [1.29, 1.82) is 0 Å². The second-order valence-electron chi connectivity index (χ2n) is 4.47. The lowest BCUT2D eigenvalue weighted by molar-refractivity contribution is 0.724. The van der Waals surface area contributed by atoms with E-state index in [9.17, 15) is 0 Å². The highest BCUT2D eigenvalue weighted by Crippen LogP contribution is 2.22. The maximum absolute atomic E-state index is 5.90. The first-order valence-corrected chi connectivity index (χ1v) is 6.94. The van der Waals surface area contributed by atoms with E-state index >= 15 is 0 Å². The molecule has 0 aliphatic rings. The average Bonchev–Trinajstić information content (AvgIpc) is 2.68. The van der Waals surface area contributed by atoms with Crippen LogP contribution in [0, 0.1) is 13.8 Å². The summed E-state index contributed by atoms with van der Waals surface area (Å²) < 4.78 is 0. The van der Waals surface area contributed by atoms with Gasteiger partial charge in [-0.2, -0.15) is 0 Å². The Bertz CT molecular complexity index is 480. The molecule has 1 heterocycles. The molecule has 3 nitrogen and oxygen atoms in total. The lowest BCUT2D eigenvalue weighted by Crippen LogP contribution is -2.21. The number of thioether (sulfide) groups is 1. The molecule has 0 saturated heterocycles. The number of aromatic amines is 1. The number of aromatic nitrogens is 2. The molecule has 4 heteroatoms. The van der Waals surface area contributed by atoms with Gasteiger partial charge >= 0.3 is 0 Å². The Morgan fingerprint density at radius 2 is 2.06 bits per heavy atom. The van der Waals surface area contributed by atoms with Crippen LogP contribution in [0.5, 0.6) is 0 Å². The van der Waals surface area contributed by atoms with Crippen molar-refractivity contribution < 1.29 is 0 Å². The topological polar surface area (TPSA) is 54.7 Å². The quantitative estimate of drug-likeness (QED) is 0.819. The number of benzene rings is 1. The number of rotatable bonds is 4. The fourth-order valence-electron chi connectivity index (χ4n) is 1.62. The SMILES string of the molecule is CCC(N)CSc1nc2cc(C)c(C)cc2[nH]1. The smallest absolute Gasteiger partial charge is 0.166 e. The molecular weight excluding hydrogens is 230 g/mol. The molecule has 0 aliphatic heterocycles. The Hall–Kier alpha value is -1.00. The Balaban J connectivity index is 2.20. The van der Waals surface area contributed by atoms with Crippen LogP contribution in [0.4, 0.5) is 0 Å². The van der Waals surface area contributed by atoms with Crippen LogP contribution < -0.4 is 5.73 Å². The molecule has 1 unspecified atom stereocenters. The fraction of sp³-hybridized carbons (Fsp3) is 0.462. The van der Waals surface area contributed by atoms with Crippen molar-refractivity contribution in [2.75, 3.05) is 5.75 Å². The molecule has 0 saturated carbocycles. The standard InChI is InChI=1S/C13H19N3S/c1-4-10(14)7-17-13-15-11-5-8(2)9(3)6-12(11)16-13/h5-6,10H,4,7,14H2,1-3H3,(H,15,16). The number of H-pyrrole nitrogens is 1. The van der Waals surface area contributed by atoms with E-state index in [1.165, 1.54) is 11.1 Å². The predicted molar refractivity (Wildman–Crippen MR) is 74.6 cm³/mol. The van der Waals surface area contributed by atoms with E-state index in [-0.39, 0.29) is 6.04 Å². The first kappa shape index (κ1) is 12.5. The summed E-state index contributed by atoms with van der Waals surface area (Å²) in [4.78, 5) is 7.91. The maximum atomic E-state index is 5.90. The minimum absolute atomic E-state index is 0.247. The fourth-order valence-corrected chi connectivity index (χ4v) is 2.57. The lowest BCUT2D eigenvalue weighted by Gasteiger charge is -2.05. The maximum Gasteiger partial charge on any atom is 0.166 e. The van der Waals surface area contributed by atoms with E-state index in [0.29, 0.717) is 0 Å². The highest BCUT2D eigenvalue weighted by atomic mass is 32.2. The number of fused-ring (bicyclic) bond motifs is 1. The van der Waals surface area contributed by atoms with Crippen molar-refractivity contribution in [1.82, 2.24) is 9.97 Å². The lowest BCUT2D eigenvalue weighted by atomic mass is 10.1. The van der Waals surface area contributed by atoms with E-state index < -0.39 is 0 Å². The van der Waals surface area contributed by atoms with Crippen molar-refractivity contribution in [2.24, 2.45) is 5.73 Å². The van der Waals surface area contributed by atoms with E-state index in [2.05, 4.69) is 42.9 Å². The molecule has 0 radical (unpaired) electrons. The molecule has 0 amide bonds. The van der Waals surface area contributed by atoms with Crippen LogP contribution in [-0.4, -0.2) is 21.8 Å². The molecule has 1 atom stereocenters. The number of hydrogen-bond donors (Lipinski definition) is 2. The van der Waals surface area contributed by atoms with Crippen molar-refractivity contribution in [3.8, 4) is 0 Å². The molecule has 2 rings (SSSR count). The van der Waals surface area contributed by atoms with E-state index in [1.807, 2.05) is 0 Å². The second kappa shape index (κ2) is 5.10. The monoisotopic (exact) mass is 249 g/mol. The van der Waals surface area contributed by atoms with Crippen molar-refractivity contribution in [3.63, 3.8) is 0 Å². The Morgan fingerprint density at radius 3 is 2.76 bits per heavy atom. The summed E-state index contributed by atoms with van der Waals surface area (Å²) in [6.45, 7) is 6.34. The van der Waals surface area contributed by atoms with Gasteiger partial charge in [-0.15, -0.1) is 0 Å². The third kappa shape index (κ3) is 2.82. The van der Waals surface area contributed by atoms with E-state index in [0.717, 1.165) is 28.4 Å². The number of nitrogens with two attached hydrogens (primary N) is 1. The van der Waals surface area contributed by atoms with Crippen molar-refractivity contribution in [2.45, 2.75) is 38.4 Å². The van der Waals surface area contributed by atoms with Gasteiger partial charge in [-0.1, -0.05) is 18.7 Å². The summed E-state index contributed by atoms with van der Waals surface area (Å²) in [7, 11) is 0. The van der Waals surface area contributed by atoms with Crippen LogP contribution in [0.1, 0.15) is 24.5 Å². The molecule has 0 aliphatic carbocycles. The van der Waals surface area contributed by atoms with Gasteiger partial charge in [0.05, 0.1) is 11.0 Å². The van der Waals surface area contributed by atoms with Gasteiger partial charge in [0.15, 0.2) is 5.16 Å². The Labute approximate surface area is 106 Å². The summed E-state index contributed by atoms with van der Waals surface area (Å²) in [5.41, 5.74) is 10.6. The molecule has 0 bridgehead atoms. The van der Waals surface area contributed by atoms with Crippen LogP contribution in [-0.2, 0) is 0 Å². The van der Waals surface area contributed by atoms with Gasteiger partial charge in [-0.25, -0.2) is 4.98 Å². The molecule has 1 aromatic carbocycles. The molecule has 1 aromatic heterocycles. The minimum Gasteiger partial charge on any atom is -0.333 e. The average molecular weight is 249 g/mol. The van der Waals surface area contributed by atoms with Gasteiger partial charge in [0, 0.05) is 11.8 Å². The molecule has 0 spiro atoms. The predicted octanol–water partition coefficient (Wildman–Crippen LogP) is 3.01. The van der Waals surface area contributed by atoms with Crippen LogP contribution in [0.25, 0.3) is 11.0 Å². The van der Waals surface area contributed by atoms with Crippen LogP contribution in [0.15, 0.2) is 17.3 Å². The first-order chi connectivity index (χ1) is 8.10. The molecule has 3 N–H and O–H groups in total. The molecular formula is C13H19N3S. The Morgan fingerprint density at radius 1 is 1.35 bits per heavy atom. The van der Waals surface area contributed by atoms with E-state index in [1.54, 1.807) is 11.8 Å². The number of imidazole rings is 1. The summed E-state index contributed by atoms with van der Waals surface area (Å²) in [6.07, 6.45) is 1.01. The summed E-state index contributed by atoms with van der Waals surface area (Å²) >= 11 is 1.70. The van der Waals surface area contributed by atoms with Gasteiger partial charge in [-0.05, 0) is 43.5 Å². The highest BCUT2D eigenvalue weighted by Gasteiger charge is 2.07. The normalized spacial score (nSPS) is 13.2. The zero-order valence-electron chi connectivity index (χ0n) is 10.6. The largest absolute Gasteiger partial charge is 0.333 e. The number of hydrogen-bond acceptors (Lipinski definition) is 3. The summed E-state index contributed by atoms with van der Waals surface area (Å²) in [6, 6.07) is 4.53. The molecule has 0 fully saturated rings. The van der Waals surface area contributed by atoms with Crippen LogP contribution in [0.2, 0.25) is 0 Å². The van der Waals surface area contributed by atoms with Crippen molar-refractivity contribution >= 4 is 22.8 Å². The summed E-state index contributed by atoms with van der Waals surface area (Å²) in [5.74, 6) is 0.911. The van der Waals surface area contributed by atoms with Gasteiger partial charge in [0.25, 0.3) is 0 Å². The number of nitrogens with one attached hydrogen (secondary N) is 1. The van der Waals surface area contributed by atoms with Crippen LogP contribution in [0.3, 0.4) is 0 Å². The Kier molecular flexibility index (Phi) is 3.74. The molecule has 92 valence electrons. The highest BCUT2D eigenvalue weighted by molar-refractivity contribution is 7.99. The third-order valence-electron chi connectivity index (χ3n) is 3.03. The van der Waals surface area contributed by atoms with Gasteiger partial charge in [0.2, 0.25) is 0 Å². The molecule has 2 aromatic rings.